The molecule has 4 heteroatoms. The standard InChI is InChI=1S/C14H18N2O2/c1-9(2)12-14(18)15-11(13(17)16-12)8-10-6-4-3-5-7-10/h3-7,9,11-12H,8H2,1-2H3,(H,15,18)(H,16,17). The Balaban J connectivity index is 2.04. The number of nitrogens with one attached hydrogen (secondary N) is 2. The van der Waals surface area contributed by atoms with Crippen molar-refractivity contribution in [3.05, 3.63) is 35.9 Å². The first-order chi connectivity index (χ1) is 8.58. The summed E-state index contributed by atoms with van der Waals surface area (Å²) in [7, 11) is 0. The third-order valence-corrected chi connectivity index (χ3v) is 3.16. The number of carbonyl (C=O) groups excluding carboxylic acids is 2. The molecule has 1 saturated heterocycles. The van der Waals surface area contributed by atoms with Crippen LogP contribution in [0.1, 0.15) is 19.4 Å². The Morgan fingerprint density at radius 2 is 1.72 bits per heavy atom. The molecule has 2 N–H and O–H groups in total. The minimum absolute atomic E-state index is 0.0921. The number of hydrogen-bond acceptors (Lipinski definition) is 2. The lowest BCUT2D eigenvalue weighted by atomic mass is 9.97. The van der Waals surface area contributed by atoms with Gasteiger partial charge >= 0.3 is 0 Å². The van der Waals surface area contributed by atoms with Crippen LogP contribution >= 0.6 is 0 Å². The highest BCUT2D eigenvalue weighted by molar-refractivity contribution is 5.97. The van der Waals surface area contributed by atoms with Gasteiger partial charge < -0.3 is 10.6 Å². The van der Waals surface area contributed by atoms with Crippen LogP contribution in [0.3, 0.4) is 0 Å². The number of piperazine rings is 1. The number of carbonyl (C=O) groups is 2. The van der Waals surface area contributed by atoms with Gasteiger partial charge in [-0.1, -0.05) is 44.2 Å². The number of amides is 2. The van der Waals surface area contributed by atoms with Crippen molar-refractivity contribution in [1.29, 1.82) is 0 Å². The normalized spacial score (nSPS) is 23.7. The number of hydrogen-bond donors (Lipinski definition) is 2. The molecular formula is C14H18N2O2. The summed E-state index contributed by atoms with van der Waals surface area (Å²) < 4.78 is 0. The summed E-state index contributed by atoms with van der Waals surface area (Å²) in [6, 6.07) is 8.81. The Kier molecular flexibility index (Phi) is 3.65. The highest BCUT2D eigenvalue weighted by atomic mass is 16.2. The second kappa shape index (κ2) is 5.21. The molecule has 0 aliphatic carbocycles. The Bertz CT molecular complexity index is 442. The van der Waals surface area contributed by atoms with E-state index in [0.29, 0.717) is 6.42 Å². The molecule has 0 aromatic heterocycles. The van der Waals surface area contributed by atoms with Gasteiger partial charge in [0, 0.05) is 6.42 Å². The van der Waals surface area contributed by atoms with Gasteiger partial charge in [0.2, 0.25) is 11.8 Å². The van der Waals surface area contributed by atoms with Gasteiger partial charge in [-0.3, -0.25) is 9.59 Å². The van der Waals surface area contributed by atoms with Crippen LogP contribution in [0, 0.1) is 5.92 Å². The van der Waals surface area contributed by atoms with Crippen LogP contribution in [0.5, 0.6) is 0 Å². The smallest absolute Gasteiger partial charge is 0.243 e. The lowest BCUT2D eigenvalue weighted by Crippen LogP contribution is -2.63. The molecule has 1 aromatic carbocycles. The van der Waals surface area contributed by atoms with E-state index < -0.39 is 12.1 Å². The summed E-state index contributed by atoms with van der Waals surface area (Å²) in [5, 5.41) is 5.58. The van der Waals surface area contributed by atoms with Crippen LogP contribution in [-0.4, -0.2) is 23.9 Å². The molecule has 4 nitrogen and oxygen atoms in total. The van der Waals surface area contributed by atoms with E-state index in [9.17, 15) is 9.59 Å². The summed E-state index contributed by atoms with van der Waals surface area (Å²) >= 11 is 0. The fourth-order valence-electron chi connectivity index (χ4n) is 2.11. The lowest BCUT2D eigenvalue weighted by Gasteiger charge is -2.31. The molecule has 0 bridgehead atoms. The van der Waals surface area contributed by atoms with Crippen LogP contribution in [0.25, 0.3) is 0 Å². The van der Waals surface area contributed by atoms with Gasteiger partial charge in [0.1, 0.15) is 12.1 Å². The summed E-state index contributed by atoms with van der Waals surface area (Å²) in [5.41, 5.74) is 1.04. The van der Waals surface area contributed by atoms with Gasteiger partial charge in [-0.2, -0.15) is 0 Å². The average Bonchev–Trinajstić information content (AvgIpc) is 2.34. The van der Waals surface area contributed by atoms with Gasteiger partial charge in [0.15, 0.2) is 0 Å². The van der Waals surface area contributed by atoms with E-state index in [0.717, 1.165) is 5.56 Å². The molecule has 1 aliphatic heterocycles. The summed E-state index contributed by atoms with van der Waals surface area (Å²) in [6.07, 6.45) is 0.531. The third kappa shape index (κ3) is 2.70. The minimum Gasteiger partial charge on any atom is -0.342 e. The van der Waals surface area contributed by atoms with Crippen LogP contribution in [-0.2, 0) is 16.0 Å². The summed E-state index contributed by atoms with van der Waals surface area (Å²) in [4.78, 5) is 23.8. The molecule has 2 amide bonds. The molecule has 2 rings (SSSR count). The van der Waals surface area contributed by atoms with Crippen molar-refractivity contribution in [3.63, 3.8) is 0 Å². The predicted molar refractivity (Wildman–Crippen MR) is 68.8 cm³/mol. The lowest BCUT2D eigenvalue weighted by molar-refractivity contribution is -0.137. The number of rotatable bonds is 3. The molecule has 96 valence electrons. The molecule has 0 radical (unpaired) electrons. The maximum atomic E-state index is 11.9. The molecule has 2 unspecified atom stereocenters. The molecule has 2 atom stereocenters. The first kappa shape index (κ1) is 12.6. The Hall–Kier alpha value is -1.84. The molecule has 0 saturated carbocycles. The van der Waals surface area contributed by atoms with Crippen molar-refractivity contribution in [3.8, 4) is 0 Å². The zero-order valence-corrected chi connectivity index (χ0v) is 10.6. The number of benzene rings is 1. The van der Waals surface area contributed by atoms with Crippen molar-refractivity contribution in [2.75, 3.05) is 0 Å². The fraction of sp³-hybridized carbons (Fsp3) is 0.429. The van der Waals surface area contributed by atoms with Crippen LogP contribution in [0.4, 0.5) is 0 Å². The highest BCUT2D eigenvalue weighted by Crippen LogP contribution is 2.10. The van der Waals surface area contributed by atoms with E-state index in [4.69, 9.17) is 0 Å². The molecule has 1 aromatic rings. The first-order valence-corrected chi connectivity index (χ1v) is 6.22. The van der Waals surface area contributed by atoms with Crippen molar-refractivity contribution in [2.45, 2.75) is 32.4 Å². The van der Waals surface area contributed by atoms with Gasteiger partial charge in [-0.05, 0) is 11.5 Å². The SMILES string of the molecule is CC(C)C1NC(=O)C(Cc2ccccc2)NC1=O. The van der Waals surface area contributed by atoms with Crippen molar-refractivity contribution in [1.82, 2.24) is 10.6 Å². The summed E-state index contributed by atoms with van der Waals surface area (Å²) in [6.45, 7) is 3.84. The van der Waals surface area contributed by atoms with E-state index in [2.05, 4.69) is 10.6 Å². The zero-order valence-electron chi connectivity index (χ0n) is 10.6. The third-order valence-electron chi connectivity index (χ3n) is 3.16. The van der Waals surface area contributed by atoms with E-state index in [1.807, 2.05) is 44.2 Å². The topological polar surface area (TPSA) is 58.2 Å². The molecule has 1 fully saturated rings. The molecule has 18 heavy (non-hydrogen) atoms. The fourth-order valence-corrected chi connectivity index (χ4v) is 2.11. The second-order valence-electron chi connectivity index (χ2n) is 4.98. The Morgan fingerprint density at radius 3 is 2.33 bits per heavy atom. The Labute approximate surface area is 107 Å². The molecule has 1 aliphatic rings. The van der Waals surface area contributed by atoms with E-state index in [-0.39, 0.29) is 17.7 Å². The van der Waals surface area contributed by atoms with Crippen LogP contribution < -0.4 is 10.6 Å². The quantitative estimate of drug-likeness (QED) is 0.831. The van der Waals surface area contributed by atoms with Crippen molar-refractivity contribution in [2.24, 2.45) is 5.92 Å². The van der Waals surface area contributed by atoms with Crippen molar-refractivity contribution >= 4 is 11.8 Å². The van der Waals surface area contributed by atoms with E-state index in [1.165, 1.54) is 0 Å². The van der Waals surface area contributed by atoms with Crippen molar-refractivity contribution < 1.29 is 9.59 Å². The summed E-state index contributed by atoms with van der Waals surface area (Å²) in [5.74, 6) is -0.0886. The van der Waals surface area contributed by atoms with Crippen LogP contribution in [0.2, 0.25) is 0 Å². The Morgan fingerprint density at radius 1 is 1.06 bits per heavy atom. The van der Waals surface area contributed by atoms with Gasteiger partial charge in [-0.15, -0.1) is 0 Å². The van der Waals surface area contributed by atoms with Gasteiger partial charge in [0.25, 0.3) is 0 Å². The molecule has 1 heterocycles. The maximum absolute atomic E-state index is 11.9. The largest absolute Gasteiger partial charge is 0.342 e. The molecular weight excluding hydrogens is 228 g/mol. The van der Waals surface area contributed by atoms with Gasteiger partial charge in [-0.25, -0.2) is 0 Å². The second-order valence-corrected chi connectivity index (χ2v) is 4.98. The maximum Gasteiger partial charge on any atom is 0.243 e. The average molecular weight is 246 g/mol. The highest BCUT2D eigenvalue weighted by Gasteiger charge is 2.34. The predicted octanol–water partition coefficient (Wildman–Crippen LogP) is 0.868. The van der Waals surface area contributed by atoms with E-state index >= 15 is 0 Å². The van der Waals surface area contributed by atoms with Crippen LogP contribution in [0.15, 0.2) is 30.3 Å². The zero-order chi connectivity index (χ0) is 13.1. The van der Waals surface area contributed by atoms with E-state index in [1.54, 1.807) is 0 Å². The minimum atomic E-state index is -0.463. The monoisotopic (exact) mass is 246 g/mol. The van der Waals surface area contributed by atoms with Gasteiger partial charge in [0.05, 0.1) is 0 Å². The first-order valence-electron chi connectivity index (χ1n) is 6.22. The molecule has 0 spiro atoms.